The van der Waals surface area contributed by atoms with Crippen LogP contribution < -0.4 is 5.32 Å². The molecule has 1 heterocycles. The Morgan fingerprint density at radius 3 is 2.44 bits per heavy atom. The number of fused-ring (bicyclic) bond motifs is 1. The summed E-state index contributed by atoms with van der Waals surface area (Å²) in [6.07, 6.45) is 0.688. The van der Waals surface area contributed by atoms with Gasteiger partial charge in [0.2, 0.25) is 0 Å². The van der Waals surface area contributed by atoms with E-state index in [2.05, 4.69) is 33.4 Å². The van der Waals surface area contributed by atoms with E-state index in [1.165, 1.54) is 5.56 Å². The van der Waals surface area contributed by atoms with Crippen LogP contribution in [0.25, 0.3) is 0 Å². The summed E-state index contributed by atoms with van der Waals surface area (Å²) < 4.78 is 1.06. The average Bonchev–Trinajstić information content (AvgIpc) is 2.82. The van der Waals surface area contributed by atoms with Gasteiger partial charge in [-0.1, -0.05) is 52.3 Å². The maximum Gasteiger partial charge on any atom is 0.124 e. The SMILES string of the molecule is Oc1ccccc1C1=Nc2ccccc2NC(c2ccc(Br)cc2)C1. The number of anilines is 1. The van der Waals surface area contributed by atoms with Gasteiger partial charge in [0.05, 0.1) is 23.1 Å². The first-order chi connectivity index (χ1) is 12.2. The second-order valence-electron chi connectivity index (χ2n) is 6.05. The third-order valence-corrected chi connectivity index (χ3v) is 4.90. The molecular weight excluding hydrogens is 376 g/mol. The normalized spacial score (nSPS) is 16.4. The van der Waals surface area contributed by atoms with Crippen LogP contribution in [0.1, 0.15) is 23.6 Å². The number of rotatable bonds is 2. The first-order valence-corrected chi connectivity index (χ1v) is 8.97. The molecule has 124 valence electrons. The lowest BCUT2D eigenvalue weighted by molar-refractivity contribution is 0.474. The van der Waals surface area contributed by atoms with Crippen LogP contribution in [0.5, 0.6) is 5.75 Å². The van der Waals surface area contributed by atoms with Crippen molar-refractivity contribution in [2.75, 3.05) is 5.32 Å². The Kier molecular flexibility index (Phi) is 4.28. The molecule has 1 aliphatic rings. The Balaban J connectivity index is 1.82. The fourth-order valence-corrected chi connectivity index (χ4v) is 3.36. The van der Waals surface area contributed by atoms with Gasteiger partial charge in [0, 0.05) is 16.5 Å². The molecule has 1 unspecified atom stereocenters. The Labute approximate surface area is 155 Å². The second kappa shape index (κ2) is 6.73. The van der Waals surface area contributed by atoms with Crippen LogP contribution in [-0.2, 0) is 0 Å². The molecule has 0 fully saturated rings. The minimum absolute atomic E-state index is 0.0788. The van der Waals surface area contributed by atoms with Crippen molar-refractivity contribution in [2.45, 2.75) is 12.5 Å². The number of hydrogen-bond donors (Lipinski definition) is 2. The molecule has 1 atom stereocenters. The molecule has 0 radical (unpaired) electrons. The third-order valence-electron chi connectivity index (χ3n) is 4.37. The third kappa shape index (κ3) is 3.30. The van der Waals surface area contributed by atoms with Crippen LogP contribution in [0.2, 0.25) is 0 Å². The van der Waals surface area contributed by atoms with Crippen molar-refractivity contribution in [1.82, 2.24) is 0 Å². The van der Waals surface area contributed by atoms with Crippen molar-refractivity contribution in [3.8, 4) is 5.75 Å². The predicted molar refractivity (Wildman–Crippen MR) is 106 cm³/mol. The van der Waals surface area contributed by atoms with Gasteiger partial charge in [-0.25, -0.2) is 0 Å². The van der Waals surface area contributed by atoms with Crippen LogP contribution in [0.15, 0.2) is 82.3 Å². The van der Waals surface area contributed by atoms with Crippen LogP contribution in [-0.4, -0.2) is 10.8 Å². The number of nitrogens with zero attached hydrogens (tertiary/aromatic N) is 1. The molecule has 0 saturated heterocycles. The minimum atomic E-state index is 0.0788. The van der Waals surface area contributed by atoms with E-state index in [1.807, 2.05) is 54.6 Å². The molecule has 0 aromatic heterocycles. The van der Waals surface area contributed by atoms with Crippen LogP contribution >= 0.6 is 15.9 Å². The molecule has 4 rings (SSSR count). The van der Waals surface area contributed by atoms with Crippen LogP contribution in [0, 0.1) is 0 Å². The molecular formula is C21H17BrN2O. The fourth-order valence-electron chi connectivity index (χ4n) is 3.10. The maximum atomic E-state index is 10.3. The van der Waals surface area contributed by atoms with Gasteiger partial charge in [0.15, 0.2) is 0 Å². The lowest BCUT2D eigenvalue weighted by Crippen LogP contribution is -2.14. The molecule has 2 N–H and O–H groups in total. The summed E-state index contributed by atoms with van der Waals surface area (Å²) in [6, 6.07) is 23.8. The summed E-state index contributed by atoms with van der Waals surface area (Å²) in [7, 11) is 0. The van der Waals surface area contributed by atoms with E-state index in [0.717, 1.165) is 27.1 Å². The maximum absolute atomic E-state index is 10.3. The van der Waals surface area contributed by atoms with Crippen molar-refractivity contribution >= 4 is 33.0 Å². The molecule has 0 amide bonds. The van der Waals surface area contributed by atoms with Crippen molar-refractivity contribution in [1.29, 1.82) is 0 Å². The van der Waals surface area contributed by atoms with Gasteiger partial charge in [0.1, 0.15) is 5.75 Å². The number of phenols is 1. The summed E-state index contributed by atoms with van der Waals surface area (Å²) in [4.78, 5) is 4.85. The van der Waals surface area contributed by atoms with Gasteiger partial charge in [-0.05, 0) is 42.0 Å². The largest absolute Gasteiger partial charge is 0.507 e. The molecule has 1 aliphatic heterocycles. The molecule has 0 aliphatic carbocycles. The van der Waals surface area contributed by atoms with E-state index in [1.54, 1.807) is 6.07 Å². The number of aromatic hydroxyl groups is 1. The van der Waals surface area contributed by atoms with Crippen molar-refractivity contribution < 1.29 is 5.11 Å². The summed E-state index contributed by atoms with van der Waals surface area (Å²) in [5.41, 5.74) is 4.73. The quantitative estimate of drug-likeness (QED) is 0.575. The summed E-state index contributed by atoms with van der Waals surface area (Å²) in [5.74, 6) is 0.259. The van der Waals surface area contributed by atoms with Gasteiger partial charge in [-0.15, -0.1) is 0 Å². The smallest absolute Gasteiger partial charge is 0.124 e. The monoisotopic (exact) mass is 392 g/mol. The Morgan fingerprint density at radius 2 is 1.64 bits per heavy atom. The lowest BCUT2D eigenvalue weighted by Gasteiger charge is -2.19. The Hall–Kier alpha value is -2.59. The number of hydrogen-bond acceptors (Lipinski definition) is 3. The highest BCUT2D eigenvalue weighted by Gasteiger charge is 2.22. The Morgan fingerprint density at radius 1 is 0.920 bits per heavy atom. The van der Waals surface area contributed by atoms with Gasteiger partial charge in [-0.2, -0.15) is 0 Å². The van der Waals surface area contributed by atoms with Gasteiger partial charge >= 0.3 is 0 Å². The number of aliphatic imine (C=N–C) groups is 1. The fraction of sp³-hybridized carbons (Fsp3) is 0.0952. The molecule has 0 spiro atoms. The van der Waals surface area contributed by atoms with Crippen molar-refractivity contribution in [3.63, 3.8) is 0 Å². The number of benzene rings is 3. The number of phenolic OH excluding ortho intramolecular Hbond substituents is 1. The molecule has 25 heavy (non-hydrogen) atoms. The van der Waals surface area contributed by atoms with Crippen LogP contribution in [0.4, 0.5) is 11.4 Å². The van der Waals surface area contributed by atoms with E-state index in [0.29, 0.717) is 6.42 Å². The van der Waals surface area contributed by atoms with E-state index in [9.17, 15) is 5.11 Å². The topological polar surface area (TPSA) is 44.6 Å². The highest BCUT2D eigenvalue weighted by atomic mass is 79.9. The molecule has 4 heteroatoms. The van der Waals surface area contributed by atoms with E-state index < -0.39 is 0 Å². The molecule has 3 aromatic rings. The number of halogens is 1. The zero-order chi connectivity index (χ0) is 17.2. The average molecular weight is 393 g/mol. The van der Waals surface area contributed by atoms with Crippen LogP contribution in [0.3, 0.4) is 0 Å². The summed E-state index contributed by atoms with van der Waals surface area (Å²) in [6.45, 7) is 0. The second-order valence-corrected chi connectivity index (χ2v) is 6.96. The van der Waals surface area contributed by atoms with E-state index in [4.69, 9.17) is 4.99 Å². The molecule has 3 nitrogen and oxygen atoms in total. The lowest BCUT2D eigenvalue weighted by atomic mass is 9.97. The summed E-state index contributed by atoms with van der Waals surface area (Å²) >= 11 is 3.49. The highest BCUT2D eigenvalue weighted by Crippen LogP contribution is 2.36. The zero-order valence-corrected chi connectivity index (χ0v) is 15.1. The zero-order valence-electron chi connectivity index (χ0n) is 13.5. The van der Waals surface area contributed by atoms with Crippen molar-refractivity contribution in [2.24, 2.45) is 4.99 Å². The number of para-hydroxylation sites is 3. The number of nitrogens with one attached hydrogen (secondary N) is 1. The van der Waals surface area contributed by atoms with E-state index in [-0.39, 0.29) is 11.8 Å². The Bertz CT molecular complexity index is 935. The molecule has 0 saturated carbocycles. The van der Waals surface area contributed by atoms with Crippen molar-refractivity contribution in [3.05, 3.63) is 88.4 Å². The summed E-state index contributed by atoms with van der Waals surface area (Å²) in [5, 5.41) is 13.9. The van der Waals surface area contributed by atoms with Gasteiger partial charge in [-0.3, -0.25) is 4.99 Å². The standard InChI is InChI=1S/C21H17BrN2O/c22-15-11-9-14(10-12-15)19-13-20(16-5-1-4-8-21(16)25)24-18-7-3-2-6-17(18)23-19/h1-12,19,23,25H,13H2. The first-order valence-electron chi connectivity index (χ1n) is 8.18. The predicted octanol–water partition coefficient (Wildman–Crippen LogP) is 5.83. The molecule has 3 aromatic carbocycles. The van der Waals surface area contributed by atoms with Gasteiger partial charge < -0.3 is 10.4 Å². The highest BCUT2D eigenvalue weighted by molar-refractivity contribution is 9.10. The van der Waals surface area contributed by atoms with Gasteiger partial charge in [0.25, 0.3) is 0 Å². The minimum Gasteiger partial charge on any atom is -0.507 e. The molecule has 0 bridgehead atoms. The van der Waals surface area contributed by atoms with E-state index >= 15 is 0 Å². The first kappa shape index (κ1) is 15.9.